The monoisotopic (exact) mass is 349 g/mol. The van der Waals surface area contributed by atoms with E-state index in [4.69, 9.17) is 19.9 Å². The Morgan fingerprint density at radius 1 is 1.24 bits per heavy atom. The molecule has 1 aromatic carbocycles. The Labute approximate surface area is 142 Å². The molecule has 0 spiro atoms. The molecule has 0 radical (unpaired) electrons. The molecule has 2 amide bonds. The molecule has 0 fully saturated rings. The lowest BCUT2D eigenvalue weighted by atomic mass is 10.2. The second kappa shape index (κ2) is 8.60. The Morgan fingerprint density at radius 3 is 2.60 bits per heavy atom. The fraction of sp³-hybridized carbons (Fsp3) is 0.188. The van der Waals surface area contributed by atoms with Gasteiger partial charge in [-0.1, -0.05) is 12.1 Å². The predicted molar refractivity (Wildman–Crippen MR) is 84.7 cm³/mol. The van der Waals surface area contributed by atoms with Gasteiger partial charge in [-0.05, 0) is 17.7 Å². The number of halogens is 1. The lowest BCUT2D eigenvalue weighted by Crippen LogP contribution is -2.37. The Balaban J connectivity index is 2.10. The number of nitrogens with zero attached hydrogens (tertiary/aromatic N) is 1. The zero-order chi connectivity index (χ0) is 18.2. The maximum Gasteiger partial charge on any atom is 0.420 e. The molecule has 0 aliphatic heterocycles. The Bertz CT molecular complexity index is 752. The van der Waals surface area contributed by atoms with E-state index < -0.39 is 12.0 Å². The number of carbonyl (C=O) groups is 2. The summed E-state index contributed by atoms with van der Waals surface area (Å²) < 4.78 is 28.6. The molecule has 132 valence electrons. The van der Waals surface area contributed by atoms with Gasteiger partial charge < -0.3 is 19.9 Å². The van der Waals surface area contributed by atoms with Crippen LogP contribution in [0.2, 0.25) is 0 Å². The third kappa shape index (κ3) is 5.15. The van der Waals surface area contributed by atoms with Crippen LogP contribution in [0.25, 0.3) is 0 Å². The zero-order valence-corrected chi connectivity index (χ0v) is 13.3. The first-order valence-corrected chi connectivity index (χ1v) is 7.15. The van der Waals surface area contributed by atoms with Crippen molar-refractivity contribution in [2.24, 2.45) is 5.73 Å². The molecule has 1 heterocycles. The summed E-state index contributed by atoms with van der Waals surface area (Å²) in [4.78, 5) is 26.5. The minimum absolute atomic E-state index is 0.0694. The molecule has 3 N–H and O–H groups in total. The average molecular weight is 349 g/mol. The van der Waals surface area contributed by atoms with Crippen LogP contribution in [0.5, 0.6) is 17.4 Å². The van der Waals surface area contributed by atoms with E-state index in [1.165, 1.54) is 31.5 Å². The minimum Gasteiger partial charge on any atom is -0.489 e. The van der Waals surface area contributed by atoms with E-state index in [-0.39, 0.29) is 36.3 Å². The Kier molecular flexibility index (Phi) is 6.24. The first-order chi connectivity index (χ1) is 12.0. The number of ether oxygens (including phenoxy) is 3. The van der Waals surface area contributed by atoms with Gasteiger partial charge in [0.05, 0.1) is 13.7 Å². The molecule has 9 heteroatoms. The van der Waals surface area contributed by atoms with Gasteiger partial charge in [0.2, 0.25) is 11.7 Å². The van der Waals surface area contributed by atoms with Crippen LogP contribution >= 0.6 is 0 Å². The summed E-state index contributed by atoms with van der Waals surface area (Å²) in [6.45, 7) is -0.224. The maximum absolute atomic E-state index is 12.9. The molecule has 8 nitrogen and oxygen atoms in total. The van der Waals surface area contributed by atoms with Crippen molar-refractivity contribution >= 4 is 12.0 Å². The Hall–Kier alpha value is -3.20. The van der Waals surface area contributed by atoms with Crippen LogP contribution in [0, 0.1) is 5.82 Å². The lowest BCUT2D eigenvalue weighted by Gasteiger charge is -2.13. The molecule has 0 aliphatic rings. The normalized spacial score (nSPS) is 10.0. The summed E-state index contributed by atoms with van der Waals surface area (Å²) in [6, 6.07) is 7.29. The molecular formula is C16H16FN3O5. The van der Waals surface area contributed by atoms with Crippen LogP contribution in [0.15, 0.2) is 36.5 Å². The van der Waals surface area contributed by atoms with E-state index in [9.17, 15) is 14.0 Å². The van der Waals surface area contributed by atoms with Gasteiger partial charge >= 0.3 is 6.09 Å². The highest BCUT2D eigenvalue weighted by Gasteiger charge is 2.17. The van der Waals surface area contributed by atoms with Crippen LogP contribution in [-0.2, 0) is 11.4 Å². The van der Waals surface area contributed by atoms with Gasteiger partial charge in [-0.15, -0.1) is 0 Å². The number of hydrogen-bond donors (Lipinski definition) is 2. The SMILES string of the molecule is COc1c(OCc2ccc(F)cc2)ccnc1OC(=O)NC(=O)CN. The fourth-order valence-corrected chi connectivity index (χ4v) is 1.81. The largest absolute Gasteiger partial charge is 0.489 e. The van der Waals surface area contributed by atoms with Crippen LogP contribution in [0.1, 0.15) is 5.56 Å². The van der Waals surface area contributed by atoms with Crippen LogP contribution in [0.4, 0.5) is 9.18 Å². The molecule has 0 aliphatic carbocycles. The van der Waals surface area contributed by atoms with E-state index in [1.54, 1.807) is 12.1 Å². The minimum atomic E-state index is -1.04. The number of benzene rings is 1. The number of rotatable bonds is 6. The van der Waals surface area contributed by atoms with Crippen LogP contribution < -0.4 is 25.3 Å². The maximum atomic E-state index is 12.9. The summed E-state index contributed by atoms with van der Waals surface area (Å²) in [5.74, 6) is -0.900. The highest BCUT2D eigenvalue weighted by molar-refractivity contribution is 5.93. The van der Waals surface area contributed by atoms with Crippen molar-refractivity contribution in [1.82, 2.24) is 10.3 Å². The molecule has 2 aromatic rings. The van der Waals surface area contributed by atoms with Crippen molar-refractivity contribution in [3.05, 3.63) is 47.9 Å². The molecule has 0 bridgehead atoms. The zero-order valence-electron chi connectivity index (χ0n) is 13.3. The second-order valence-corrected chi connectivity index (χ2v) is 4.70. The van der Waals surface area contributed by atoms with Crippen molar-refractivity contribution in [3.63, 3.8) is 0 Å². The summed E-state index contributed by atoms with van der Waals surface area (Å²) >= 11 is 0. The standard InChI is InChI=1S/C16H16FN3O5/c1-23-14-12(24-9-10-2-4-11(17)5-3-10)6-7-19-15(14)25-16(22)20-13(21)8-18/h2-7H,8-9,18H2,1H3,(H,20,21,22). The van der Waals surface area contributed by atoms with E-state index in [1.807, 2.05) is 5.32 Å². The first kappa shape index (κ1) is 18.1. The summed E-state index contributed by atoms with van der Waals surface area (Å²) in [6.07, 6.45) is 0.299. The number of nitrogens with one attached hydrogen (secondary N) is 1. The molecule has 0 saturated carbocycles. The summed E-state index contributed by atoms with van der Waals surface area (Å²) in [5.41, 5.74) is 5.83. The summed E-state index contributed by atoms with van der Waals surface area (Å²) in [5, 5.41) is 1.92. The predicted octanol–water partition coefficient (Wildman–Crippen LogP) is 1.38. The van der Waals surface area contributed by atoms with Crippen molar-refractivity contribution in [3.8, 4) is 17.4 Å². The average Bonchev–Trinajstić information content (AvgIpc) is 2.61. The number of nitrogens with two attached hydrogens (primary N) is 1. The van der Waals surface area contributed by atoms with Gasteiger partial charge in [0.1, 0.15) is 12.4 Å². The van der Waals surface area contributed by atoms with E-state index in [2.05, 4.69) is 4.98 Å². The number of hydrogen-bond acceptors (Lipinski definition) is 7. The number of amides is 2. The quantitative estimate of drug-likeness (QED) is 0.810. The molecule has 0 saturated heterocycles. The second-order valence-electron chi connectivity index (χ2n) is 4.70. The van der Waals surface area contributed by atoms with E-state index in [0.29, 0.717) is 0 Å². The number of imide groups is 1. The number of methoxy groups -OCH3 is 1. The fourth-order valence-electron chi connectivity index (χ4n) is 1.81. The van der Waals surface area contributed by atoms with Gasteiger partial charge in [-0.25, -0.2) is 14.2 Å². The third-order valence-corrected chi connectivity index (χ3v) is 2.96. The van der Waals surface area contributed by atoms with E-state index in [0.717, 1.165) is 5.56 Å². The highest BCUT2D eigenvalue weighted by Crippen LogP contribution is 2.35. The highest BCUT2D eigenvalue weighted by atomic mass is 19.1. The number of aromatic nitrogens is 1. The molecular weight excluding hydrogens is 333 g/mol. The third-order valence-electron chi connectivity index (χ3n) is 2.96. The van der Waals surface area contributed by atoms with Gasteiger partial charge in [0, 0.05) is 12.3 Å². The molecule has 0 atom stereocenters. The number of carbonyl (C=O) groups excluding carboxylic acids is 2. The van der Waals surface area contributed by atoms with Crippen molar-refractivity contribution in [2.45, 2.75) is 6.61 Å². The van der Waals surface area contributed by atoms with Gasteiger partial charge in [-0.3, -0.25) is 10.1 Å². The van der Waals surface area contributed by atoms with Crippen molar-refractivity contribution in [1.29, 1.82) is 0 Å². The Morgan fingerprint density at radius 2 is 1.96 bits per heavy atom. The topological polar surface area (TPSA) is 113 Å². The van der Waals surface area contributed by atoms with E-state index >= 15 is 0 Å². The van der Waals surface area contributed by atoms with Gasteiger partial charge in [0.25, 0.3) is 5.88 Å². The smallest absolute Gasteiger partial charge is 0.420 e. The first-order valence-electron chi connectivity index (χ1n) is 7.15. The molecule has 1 aromatic heterocycles. The van der Waals surface area contributed by atoms with Crippen LogP contribution in [-0.4, -0.2) is 30.6 Å². The molecule has 0 unspecified atom stereocenters. The number of pyridine rings is 1. The lowest BCUT2D eigenvalue weighted by molar-refractivity contribution is -0.118. The van der Waals surface area contributed by atoms with Crippen molar-refractivity contribution < 1.29 is 28.2 Å². The molecule has 2 rings (SSSR count). The summed E-state index contributed by atoms with van der Waals surface area (Å²) in [7, 11) is 1.34. The van der Waals surface area contributed by atoms with Crippen LogP contribution in [0.3, 0.4) is 0 Å². The molecule has 25 heavy (non-hydrogen) atoms. The van der Waals surface area contributed by atoms with Crippen molar-refractivity contribution in [2.75, 3.05) is 13.7 Å². The van der Waals surface area contributed by atoms with Gasteiger partial charge in [0.15, 0.2) is 5.75 Å². The van der Waals surface area contributed by atoms with Gasteiger partial charge in [-0.2, -0.15) is 0 Å².